The van der Waals surface area contributed by atoms with E-state index in [4.69, 9.17) is 0 Å². The molecule has 11 heteroatoms. The van der Waals surface area contributed by atoms with Crippen LogP contribution >= 0.6 is 11.3 Å². The third-order valence-electron chi connectivity index (χ3n) is 4.69. The molecule has 9 nitrogen and oxygen atoms in total. The first-order valence-electron chi connectivity index (χ1n) is 10.9. The molecule has 0 saturated heterocycles. The van der Waals surface area contributed by atoms with Gasteiger partial charge in [-0.25, -0.2) is 4.39 Å². The summed E-state index contributed by atoms with van der Waals surface area (Å²) in [5, 5.41) is 17.6. The summed E-state index contributed by atoms with van der Waals surface area (Å²) in [6.07, 6.45) is 2.45. The zero-order valence-electron chi connectivity index (χ0n) is 19.5. The number of nitriles is 1. The van der Waals surface area contributed by atoms with Gasteiger partial charge in [0.2, 0.25) is 5.91 Å². The number of nitrogens with one attached hydrogen (secondary N) is 3. The number of alkyl halides is 1. The van der Waals surface area contributed by atoms with Crippen LogP contribution in [0.4, 0.5) is 15.8 Å². The predicted octanol–water partition coefficient (Wildman–Crippen LogP) is 0.820. The topological polar surface area (TPSA) is 119 Å². The van der Waals surface area contributed by atoms with Crippen LogP contribution in [0.3, 0.4) is 0 Å². The van der Waals surface area contributed by atoms with E-state index in [9.17, 15) is 24.0 Å². The van der Waals surface area contributed by atoms with Crippen molar-refractivity contribution in [3.63, 3.8) is 0 Å². The van der Waals surface area contributed by atoms with E-state index in [0.717, 1.165) is 24.3 Å². The molecule has 34 heavy (non-hydrogen) atoms. The number of rotatable bonds is 11. The summed E-state index contributed by atoms with van der Waals surface area (Å²) < 4.78 is 14.2. The fraction of sp³-hybridized carbons (Fsp3) is 0.391. The number of hydrogen-bond acceptors (Lipinski definition) is 7. The highest BCUT2D eigenvalue weighted by Crippen LogP contribution is 2.15. The lowest BCUT2D eigenvalue weighted by Gasteiger charge is -2.15. The maximum Gasteiger partial charge on any atom is 0.270 e. The van der Waals surface area contributed by atoms with Gasteiger partial charge < -0.3 is 16.0 Å². The normalized spacial score (nSPS) is 12.3. The summed E-state index contributed by atoms with van der Waals surface area (Å²) in [6.45, 7) is 4.17. The van der Waals surface area contributed by atoms with E-state index in [-0.39, 0.29) is 41.3 Å². The second-order valence-corrected chi connectivity index (χ2v) is 8.44. The SMILES string of the molecule is CCCN(C)CC(=O)Nc1cccc(N/C=c2/s/c(=C(/C#N)C(=O)NCCF)n(CC)c2=O)c1. The Hall–Kier alpha value is -3.49. The van der Waals surface area contributed by atoms with Gasteiger partial charge in [-0.2, -0.15) is 5.26 Å². The molecule has 0 radical (unpaired) electrons. The number of hydrogen-bond donors (Lipinski definition) is 3. The predicted molar refractivity (Wildman–Crippen MR) is 132 cm³/mol. The zero-order valence-corrected chi connectivity index (χ0v) is 20.3. The van der Waals surface area contributed by atoms with Gasteiger partial charge in [0.05, 0.1) is 6.54 Å². The van der Waals surface area contributed by atoms with Gasteiger partial charge in [0.1, 0.15) is 21.9 Å². The fourth-order valence-corrected chi connectivity index (χ4v) is 4.27. The molecule has 0 bridgehead atoms. The van der Waals surface area contributed by atoms with E-state index in [2.05, 4.69) is 16.0 Å². The number of amides is 2. The van der Waals surface area contributed by atoms with Gasteiger partial charge in [-0.1, -0.05) is 13.0 Å². The lowest BCUT2D eigenvalue weighted by molar-refractivity contribution is -0.117. The molecule has 0 unspecified atom stereocenters. The summed E-state index contributed by atoms with van der Waals surface area (Å²) in [5.74, 6) is -0.854. The van der Waals surface area contributed by atoms with Crippen molar-refractivity contribution in [3.8, 4) is 6.07 Å². The van der Waals surface area contributed by atoms with E-state index < -0.39 is 12.6 Å². The van der Waals surface area contributed by atoms with E-state index in [1.165, 1.54) is 10.8 Å². The van der Waals surface area contributed by atoms with Crippen molar-refractivity contribution in [2.75, 3.05) is 44.0 Å². The standard InChI is InChI=1S/C23H29FN6O3S/c1-4-11-29(3)15-20(31)28-17-8-6-7-16(12-17)27-14-19-22(33)30(5-2)23(34-19)18(13-25)21(32)26-10-9-24/h6-8,12,14,27H,4-5,9-11,15H2,1-3H3,(H,26,32)(H,28,31)/b19-14+,23-18-. The minimum Gasteiger partial charge on any atom is -0.360 e. The van der Waals surface area contributed by atoms with Crippen LogP contribution in [0.25, 0.3) is 11.8 Å². The van der Waals surface area contributed by atoms with Crippen LogP contribution < -0.4 is 30.7 Å². The number of carbonyl (C=O) groups excluding carboxylic acids is 2. The first kappa shape index (κ1) is 26.8. The average molecular weight is 489 g/mol. The third kappa shape index (κ3) is 7.26. The van der Waals surface area contributed by atoms with Crippen molar-refractivity contribution in [1.29, 1.82) is 5.26 Å². The maximum atomic E-state index is 12.8. The lowest BCUT2D eigenvalue weighted by atomic mass is 10.2. The van der Waals surface area contributed by atoms with Crippen molar-refractivity contribution in [3.05, 3.63) is 43.8 Å². The molecule has 0 spiro atoms. The van der Waals surface area contributed by atoms with Crippen LogP contribution in [0.1, 0.15) is 20.3 Å². The van der Waals surface area contributed by atoms with Gasteiger partial charge in [-0.05, 0) is 45.1 Å². The summed E-state index contributed by atoms with van der Waals surface area (Å²) in [6, 6.07) is 8.86. The molecule has 2 amide bonds. The Morgan fingerprint density at radius 2 is 2.03 bits per heavy atom. The Labute approximate surface area is 201 Å². The Balaban J connectivity index is 2.30. The number of thiazole rings is 1. The number of carbonyl (C=O) groups is 2. The van der Waals surface area contributed by atoms with Gasteiger partial charge in [0.15, 0.2) is 5.57 Å². The summed E-state index contributed by atoms with van der Waals surface area (Å²) >= 11 is 0.994. The van der Waals surface area contributed by atoms with Gasteiger partial charge in [0.25, 0.3) is 11.5 Å². The van der Waals surface area contributed by atoms with Crippen molar-refractivity contribution in [2.45, 2.75) is 26.8 Å². The molecule has 0 aliphatic rings. The quantitative estimate of drug-likeness (QED) is 0.431. The Bertz CT molecular complexity index is 1230. The van der Waals surface area contributed by atoms with Gasteiger partial charge in [-0.15, -0.1) is 11.3 Å². The molecule has 0 aliphatic heterocycles. The van der Waals surface area contributed by atoms with Gasteiger partial charge >= 0.3 is 0 Å². The smallest absolute Gasteiger partial charge is 0.270 e. The Kier molecular flexibility index (Phi) is 10.4. The third-order valence-corrected chi connectivity index (χ3v) is 5.82. The number of halogens is 1. The van der Waals surface area contributed by atoms with E-state index in [1.54, 1.807) is 31.2 Å². The minimum absolute atomic E-state index is 0.128. The van der Waals surface area contributed by atoms with Crippen molar-refractivity contribution in [2.24, 2.45) is 0 Å². The van der Waals surface area contributed by atoms with Gasteiger partial charge in [-0.3, -0.25) is 23.9 Å². The summed E-state index contributed by atoms with van der Waals surface area (Å²) in [7, 11) is 1.88. The first-order valence-corrected chi connectivity index (χ1v) is 11.7. The van der Waals surface area contributed by atoms with Crippen LogP contribution in [0.5, 0.6) is 0 Å². The number of benzene rings is 1. The number of anilines is 2. The molecule has 1 aromatic carbocycles. The van der Waals surface area contributed by atoms with Gasteiger partial charge in [0, 0.05) is 30.7 Å². The summed E-state index contributed by atoms with van der Waals surface area (Å²) in [4.78, 5) is 39.2. The largest absolute Gasteiger partial charge is 0.360 e. The van der Waals surface area contributed by atoms with Crippen LogP contribution in [-0.2, 0) is 16.1 Å². The molecule has 0 aliphatic carbocycles. The van der Waals surface area contributed by atoms with Crippen molar-refractivity contribution in [1.82, 2.24) is 14.8 Å². The van der Waals surface area contributed by atoms with Crippen LogP contribution in [0, 0.1) is 11.3 Å². The highest BCUT2D eigenvalue weighted by molar-refractivity contribution is 7.07. The lowest BCUT2D eigenvalue weighted by Crippen LogP contribution is -2.35. The monoisotopic (exact) mass is 488 g/mol. The summed E-state index contributed by atoms with van der Waals surface area (Å²) in [5.41, 5.74) is 0.650. The molecule has 1 heterocycles. The van der Waals surface area contributed by atoms with E-state index >= 15 is 0 Å². The first-order chi connectivity index (χ1) is 16.3. The zero-order chi connectivity index (χ0) is 25.1. The van der Waals surface area contributed by atoms with E-state index in [0.29, 0.717) is 15.9 Å². The van der Waals surface area contributed by atoms with Crippen molar-refractivity contribution < 1.29 is 14.0 Å². The average Bonchev–Trinajstić information content (AvgIpc) is 3.11. The molecule has 182 valence electrons. The Morgan fingerprint density at radius 3 is 2.68 bits per heavy atom. The second-order valence-electron chi connectivity index (χ2n) is 7.41. The fourth-order valence-electron chi connectivity index (χ4n) is 3.18. The van der Waals surface area contributed by atoms with E-state index in [1.807, 2.05) is 24.9 Å². The molecule has 0 fully saturated rings. The highest BCUT2D eigenvalue weighted by Gasteiger charge is 2.15. The van der Waals surface area contributed by atoms with Crippen LogP contribution in [0.2, 0.25) is 0 Å². The molecule has 2 aromatic rings. The number of nitrogens with zero attached hydrogens (tertiary/aromatic N) is 3. The molecule has 0 atom stereocenters. The molecule has 2 rings (SSSR count). The van der Waals surface area contributed by atoms with Crippen LogP contribution in [0.15, 0.2) is 29.1 Å². The molecule has 1 aromatic heterocycles. The highest BCUT2D eigenvalue weighted by atomic mass is 32.1. The number of likely N-dealkylation sites (N-methyl/N-ethyl adjacent to an activating group) is 1. The second kappa shape index (κ2) is 13.3. The van der Waals surface area contributed by atoms with Crippen molar-refractivity contribution >= 4 is 46.3 Å². The molecular formula is C23H29FN6O3S. The number of aromatic nitrogens is 1. The maximum absolute atomic E-state index is 12.8. The molecular weight excluding hydrogens is 459 g/mol. The van der Waals surface area contributed by atoms with Crippen LogP contribution in [-0.4, -0.2) is 54.6 Å². The molecule has 0 saturated carbocycles. The Morgan fingerprint density at radius 1 is 1.29 bits per heavy atom. The minimum atomic E-state index is -0.757. The molecule has 3 N–H and O–H groups in total.